The molecule has 0 N–H and O–H groups in total. The minimum atomic E-state index is -1.14. The van der Waals surface area contributed by atoms with E-state index in [4.69, 9.17) is 23.2 Å². The van der Waals surface area contributed by atoms with Gasteiger partial charge in [0.2, 0.25) is 0 Å². The quantitative estimate of drug-likeness (QED) is 0.686. The van der Waals surface area contributed by atoms with Crippen LogP contribution in [0.5, 0.6) is 0 Å². The first kappa shape index (κ1) is 16.5. The number of aliphatic carboxylic acids is 1. The third-order valence-electron chi connectivity index (χ3n) is 2.62. The van der Waals surface area contributed by atoms with E-state index in [-0.39, 0.29) is 29.6 Å². The second-order valence-electron chi connectivity index (χ2n) is 3.85. The maximum atomic E-state index is 10.8. The maximum Gasteiger partial charge on any atom is 1.00 e. The van der Waals surface area contributed by atoms with Gasteiger partial charge in [-0.05, 0) is 17.7 Å². The Kier molecular flexibility index (Phi) is 5.89. The number of carbonyl (C=O) groups excluding carboxylic acids is 1. The van der Waals surface area contributed by atoms with E-state index in [1.54, 1.807) is 31.3 Å². The predicted molar refractivity (Wildman–Crippen MR) is 67.0 cm³/mol. The van der Waals surface area contributed by atoms with Crippen LogP contribution in [-0.4, -0.2) is 15.7 Å². The molecule has 0 aliphatic heterocycles. The van der Waals surface area contributed by atoms with Crippen molar-refractivity contribution in [3.8, 4) is 5.69 Å². The Morgan fingerprint density at radius 2 is 2.11 bits per heavy atom. The Hall–Kier alpha value is -0.520. The zero-order valence-corrected chi connectivity index (χ0v) is 13.9. The molecule has 7 heteroatoms. The molecule has 0 spiro atoms. The van der Waals surface area contributed by atoms with Crippen molar-refractivity contribution in [1.82, 2.24) is 9.78 Å². The summed E-state index contributed by atoms with van der Waals surface area (Å²) in [7, 11) is 0. The van der Waals surface area contributed by atoms with Crippen LogP contribution in [0.2, 0.25) is 10.0 Å². The van der Waals surface area contributed by atoms with Gasteiger partial charge in [-0.15, -0.1) is 0 Å². The molecule has 0 bridgehead atoms. The number of halogens is 2. The summed E-state index contributed by atoms with van der Waals surface area (Å²) in [6.07, 6.45) is 3.11. The molecule has 0 radical (unpaired) electrons. The summed E-state index contributed by atoms with van der Waals surface area (Å²) in [6.45, 7) is 1.55. The Morgan fingerprint density at radius 1 is 1.42 bits per heavy atom. The van der Waals surface area contributed by atoms with E-state index in [9.17, 15) is 9.90 Å². The maximum absolute atomic E-state index is 10.8. The van der Waals surface area contributed by atoms with E-state index in [1.807, 2.05) is 0 Å². The fourth-order valence-electron chi connectivity index (χ4n) is 1.55. The summed E-state index contributed by atoms with van der Waals surface area (Å²) in [6, 6.07) is 4.96. The molecule has 1 unspecified atom stereocenters. The van der Waals surface area contributed by atoms with Crippen LogP contribution in [-0.2, 0) is 4.79 Å². The Labute approximate surface area is 142 Å². The smallest absolute Gasteiger partial charge is 0.550 e. The van der Waals surface area contributed by atoms with Gasteiger partial charge in [0.25, 0.3) is 0 Å². The minimum Gasteiger partial charge on any atom is -0.550 e. The molecule has 0 saturated carbocycles. The number of carboxylic acid groups (broad SMARTS) is 1. The number of carbonyl (C=O) groups is 1. The summed E-state index contributed by atoms with van der Waals surface area (Å²) in [4.78, 5) is 10.8. The number of benzene rings is 1. The molecule has 2 rings (SSSR count). The van der Waals surface area contributed by atoms with Crippen LogP contribution in [0.3, 0.4) is 0 Å². The topological polar surface area (TPSA) is 57.9 Å². The molecule has 1 aromatic carbocycles. The fourth-order valence-corrected chi connectivity index (χ4v) is 1.96. The van der Waals surface area contributed by atoms with E-state index in [0.29, 0.717) is 21.3 Å². The van der Waals surface area contributed by atoms with Crippen molar-refractivity contribution < 1.29 is 39.5 Å². The first-order valence-corrected chi connectivity index (χ1v) is 5.95. The van der Waals surface area contributed by atoms with Gasteiger partial charge in [-0.2, -0.15) is 5.10 Å². The molecule has 0 amide bonds. The van der Waals surface area contributed by atoms with Gasteiger partial charge in [-0.3, -0.25) is 0 Å². The van der Waals surface area contributed by atoms with E-state index in [2.05, 4.69) is 5.10 Å². The van der Waals surface area contributed by atoms with Crippen molar-refractivity contribution in [2.24, 2.45) is 0 Å². The van der Waals surface area contributed by atoms with Crippen molar-refractivity contribution in [3.63, 3.8) is 0 Å². The van der Waals surface area contributed by atoms with Gasteiger partial charge in [0.05, 0.1) is 21.9 Å². The zero-order chi connectivity index (χ0) is 13.3. The van der Waals surface area contributed by atoms with Crippen LogP contribution in [0.15, 0.2) is 30.6 Å². The number of carboxylic acids is 1. The number of hydrogen-bond donors (Lipinski definition) is 0. The van der Waals surface area contributed by atoms with Crippen molar-refractivity contribution >= 4 is 29.2 Å². The summed E-state index contributed by atoms with van der Waals surface area (Å²) < 4.78 is 1.53. The van der Waals surface area contributed by atoms with Crippen LogP contribution in [0, 0.1) is 0 Å². The van der Waals surface area contributed by atoms with Crippen molar-refractivity contribution in [2.75, 3.05) is 0 Å². The van der Waals surface area contributed by atoms with Crippen molar-refractivity contribution in [1.29, 1.82) is 0 Å². The second kappa shape index (κ2) is 6.77. The van der Waals surface area contributed by atoms with Gasteiger partial charge in [0.15, 0.2) is 0 Å². The SMILES string of the molecule is CC(C(=O)[O-])c1ccc(-n2cc(Cl)cn2)c(Cl)c1.[Na+]. The van der Waals surface area contributed by atoms with Crippen LogP contribution in [0.1, 0.15) is 18.4 Å². The number of rotatable bonds is 3. The zero-order valence-electron chi connectivity index (χ0n) is 10.4. The summed E-state index contributed by atoms with van der Waals surface area (Å²) in [5.74, 6) is -1.85. The molecular formula is C12H9Cl2N2NaO2. The Morgan fingerprint density at radius 3 is 2.58 bits per heavy atom. The van der Waals surface area contributed by atoms with Gasteiger partial charge >= 0.3 is 29.6 Å². The van der Waals surface area contributed by atoms with Gasteiger partial charge in [0, 0.05) is 18.1 Å². The molecule has 0 saturated heterocycles. The first-order valence-electron chi connectivity index (χ1n) is 5.20. The van der Waals surface area contributed by atoms with Crippen LogP contribution in [0.4, 0.5) is 0 Å². The van der Waals surface area contributed by atoms with Crippen LogP contribution < -0.4 is 34.7 Å². The number of nitrogens with zero attached hydrogens (tertiary/aromatic N) is 2. The van der Waals surface area contributed by atoms with Gasteiger partial charge in [0.1, 0.15) is 0 Å². The van der Waals surface area contributed by atoms with E-state index in [0.717, 1.165) is 0 Å². The molecule has 2 aromatic rings. The largest absolute Gasteiger partial charge is 1.00 e. The molecule has 4 nitrogen and oxygen atoms in total. The van der Waals surface area contributed by atoms with Crippen LogP contribution >= 0.6 is 23.2 Å². The second-order valence-corrected chi connectivity index (χ2v) is 4.70. The normalized spacial score (nSPS) is 11.7. The number of aromatic nitrogens is 2. The molecule has 1 heterocycles. The Bertz CT molecular complexity index is 601. The molecule has 94 valence electrons. The van der Waals surface area contributed by atoms with E-state index >= 15 is 0 Å². The number of hydrogen-bond acceptors (Lipinski definition) is 3. The van der Waals surface area contributed by atoms with Crippen LogP contribution in [0.25, 0.3) is 5.69 Å². The molecule has 0 fully saturated rings. The fraction of sp³-hybridized carbons (Fsp3) is 0.167. The average molecular weight is 307 g/mol. The van der Waals surface area contributed by atoms with E-state index in [1.165, 1.54) is 10.9 Å². The Balaban J connectivity index is 0.00000180. The van der Waals surface area contributed by atoms with Gasteiger partial charge < -0.3 is 9.90 Å². The molecule has 0 aliphatic rings. The third kappa shape index (κ3) is 3.74. The average Bonchev–Trinajstić information content (AvgIpc) is 2.74. The molecular weight excluding hydrogens is 298 g/mol. The minimum absolute atomic E-state index is 0. The third-order valence-corrected chi connectivity index (χ3v) is 3.12. The standard InChI is InChI=1S/C12H10Cl2N2O2.Na/c1-7(12(17)18)8-2-3-11(10(14)4-8)16-6-9(13)5-15-16;/h2-7H,1H3,(H,17,18);/q;+1/p-1. The summed E-state index contributed by atoms with van der Waals surface area (Å²) >= 11 is 11.9. The van der Waals surface area contributed by atoms with Crippen molar-refractivity contribution in [3.05, 3.63) is 46.2 Å². The first-order chi connectivity index (χ1) is 8.49. The molecule has 1 atom stereocenters. The van der Waals surface area contributed by atoms with Gasteiger partial charge in [-0.25, -0.2) is 4.68 Å². The van der Waals surface area contributed by atoms with Crippen molar-refractivity contribution in [2.45, 2.75) is 12.8 Å². The molecule has 1 aromatic heterocycles. The van der Waals surface area contributed by atoms with E-state index < -0.39 is 11.9 Å². The molecule has 0 aliphatic carbocycles. The monoisotopic (exact) mass is 306 g/mol. The summed E-state index contributed by atoms with van der Waals surface area (Å²) in [5.41, 5.74) is 1.22. The van der Waals surface area contributed by atoms with Gasteiger partial charge in [-0.1, -0.05) is 36.2 Å². The summed E-state index contributed by atoms with van der Waals surface area (Å²) in [5, 5.41) is 15.7. The molecule has 19 heavy (non-hydrogen) atoms. The predicted octanol–water partition coefficient (Wildman–Crippen LogP) is -0.964.